The van der Waals surface area contributed by atoms with Crippen molar-refractivity contribution in [1.29, 1.82) is 0 Å². The average molecular weight is 285 g/mol. The molecule has 3 atom stereocenters. The number of nitrogens with one attached hydrogen (secondary N) is 1. The molecule has 1 nitrogen and oxygen atoms in total. The Hall–Kier alpha value is -0.820. The molecule has 3 rings (SSSR count). The third-order valence-corrected chi connectivity index (χ3v) is 5.82. The van der Waals surface area contributed by atoms with Crippen LogP contribution >= 0.6 is 0 Å². The third-order valence-electron chi connectivity index (χ3n) is 5.82. The smallest absolute Gasteiger partial charge is 0.0323 e. The van der Waals surface area contributed by atoms with Crippen molar-refractivity contribution in [3.8, 4) is 0 Å². The fourth-order valence-electron chi connectivity index (χ4n) is 4.48. The normalized spacial score (nSPS) is 31.7. The molecule has 2 aliphatic rings. The van der Waals surface area contributed by atoms with Crippen LogP contribution in [0.4, 0.5) is 0 Å². The average Bonchev–Trinajstić information content (AvgIpc) is 2.47. The van der Waals surface area contributed by atoms with Crippen LogP contribution in [0.1, 0.15) is 76.5 Å². The lowest BCUT2D eigenvalue weighted by Crippen LogP contribution is -2.35. The fraction of sp³-hybridized carbons (Fsp3) is 0.700. The van der Waals surface area contributed by atoms with Crippen LogP contribution in [0, 0.1) is 11.8 Å². The summed E-state index contributed by atoms with van der Waals surface area (Å²) in [6.07, 6.45) is 8.30. The Morgan fingerprint density at radius 3 is 2.76 bits per heavy atom. The van der Waals surface area contributed by atoms with Gasteiger partial charge in [0, 0.05) is 6.04 Å². The lowest BCUT2D eigenvalue weighted by Gasteiger charge is -2.38. The second-order valence-corrected chi connectivity index (χ2v) is 8.11. The molecule has 1 aromatic rings. The van der Waals surface area contributed by atoms with Crippen molar-refractivity contribution < 1.29 is 0 Å². The third kappa shape index (κ3) is 3.34. The summed E-state index contributed by atoms with van der Waals surface area (Å²) >= 11 is 0. The van der Waals surface area contributed by atoms with Gasteiger partial charge < -0.3 is 5.32 Å². The molecule has 0 heterocycles. The van der Waals surface area contributed by atoms with Crippen molar-refractivity contribution in [3.05, 3.63) is 35.4 Å². The van der Waals surface area contributed by atoms with E-state index in [0.717, 1.165) is 11.8 Å². The maximum absolute atomic E-state index is 3.91. The molecule has 0 aliphatic heterocycles. The molecule has 21 heavy (non-hydrogen) atoms. The van der Waals surface area contributed by atoms with Gasteiger partial charge in [0.05, 0.1) is 0 Å². The lowest BCUT2D eigenvalue weighted by atomic mass is 9.71. The summed E-state index contributed by atoms with van der Waals surface area (Å²) in [6, 6.07) is 9.67. The van der Waals surface area contributed by atoms with E-state index in [1.165, 1.54) is 45.1 Å². The highest BCUT2D eigenvalue weighted by Crippen LogP contribution is 2.41. The molecule has 0 saturated heterocycles. The summed E-state index contributed by atoms with van der Waals surface area (Å²) in [6.45, 7) is 8.42. The first-order valence-electron chi connectivity index (χ1n) is 8.89. The van der Waals surface area contributed by atoms with Crippen LogP contribution in [-0.4, -0.2) is 6.54 Å². The highest BCUT2D eigenvalue weighted by molar-refractivity contribution is 5.38. The second-order valence-electron chi connectivity index (χ2n) is 8.11. The summed E-state index contributed by atoms with van der Waals surface area (Å²) in [5, 5.41) is 3.91. The van der Waals surface area contributed by atoms with Crippen LogP contribution in [0.2, 0.25) is 0 Å². The van der Waals surface area contributed by atoms with E-state index in [1.807, 2.05) is 0 Å². The van der Waals surface area contributed by atoms with Gasteiger partial charge in [-0.3, -0.25) is 0 Å². The zero-order chi connectivity index (χ0) is 14.9. The zero-order valence-corrected chi connectivity index (χ0v) is 14.0. The van der Waals surface area contributed by atoms with Crippen molar-refractivity contribution in [2.45, 2.75) is 70.8 Å². The van der Waals surface area contributed by atoms with Gasteiger partial charge >= 0.3 is 0 Å². The minimum atomic E-state index is 0.341. The van der Waals surface area contributed by atoms with Gasteiger partial charge in [-0.1, -0.05) is 57.9 Å². The molecular formula is C20H31N. The highest BCUT2D eigenvalue weighted by atomic mass is 14.9. The SMILES string of the molecule is CC1CCCC(CNC2CCC(C)(C)c3ccccc32)C1. The number of rotatable bonds is 3. The van der Waals surface area contributed by atoms with Gasteiger partial charge in [0.25, 0.3) is 0 Å². The molecule has 1 fully saturated rings. The van der Waals surface area contributed by atoms with Gasteiger partial charge in [0.2, 0.25) is 0 Å². The van der Waals surface area contributed by atoms with Crippen molar-refractivity contribution in [2.75, 3.05) is 6.54 Å². The van der Waals surface area contributed by atoms with E-state index < -0.39 is 0 Å². The van der Waals surface area contributed by atoms with E-state index in [1.54, 1.807) is 11.1 Å². The monoisotopic (exact) mass is 285 g/mol. The summed E-state index contributed by atoms with van der Waals surface area (Å²) in [5.74, 6) is 1.83. The first kappa shape index (κ1) is 15.1. The van der Waals surface area contributed by atoms with Gasteiger partial charge in [-0.05, 0) is 60.6 Å². The standard InChI is InChI=1S/C20H31N/c1-15-7-6-8-16(13-15)14-21-19-11-12-20(2,3)18-10-5-4-9-17(18)19/h4-5,9-10,15-16,19,21H,6-8,11-14H2,1-3H3. The molecular weight excluding hydrogens is 254 g/mol. The summed E-state index contributed by atoms with van der Waals surface area (Å²) in [4.78, 5) is 0. The lowest BCUT2D eigenvalue weighted by molar-refractivity contribution is 0.257. The first-order chi connectivity index (χ1) is 10.1. The first-order valence-corrected chi connectivity index (χ1v) is 8.89. The van der Waals surface area contributed by atoms with Gasteiger partial charge in [-0.15, -0.1) is 0 Å². The Labute approximate surface area is 130 Å². The second kappa shape index (κ2) is 6.12. The Morgan fingerprint density at radius 2 is 1.95 bits per heavy atom. The number of fused-ring (bicyclic) bond motifs is 1. The maximum Gasteiger partial charge on any atom is 0.0323 e. The van der Waals surface area contributed by atoms with Crippen molar-refractivity contribution in [2.24, 2.45) is 11.8 Å². The topological polar surface area (TPSA) is 12.0 Å². The molecule has 0 spiro atoms. The molecule has 116 valence electrons. The molecule has 0 radical (unpaired) electrons. The van der Waals surface area contributed by atoms with E-state index in [2.05, 4.69) is 50.4 Å². The predicted octanol–water partition coefficient (Wildman–Crippen LogP) is 5.22. The zero-order valence-electron chi connectivity index (χ0n) is 14.0. The van der Waals surface area contributed by atoms with Crippen LogP contribution in [-0.2, 0) is 5.41 Å². The number of hydrogen-bond donors (Lipinski definition) is 1. The summed E-state index contributed by atoms with van der Waals surface area (Å²) in [5.41, 5.74) is 3.46. The van der Waals surface area contributed by atoms with Gasteiger partial charge in [0.15, 0.2) is 0 Å². The molecule has 0 amide bonds. The fourth-order valence-corrected chi connectivity index (χ4v) is 4.48. The Bertz CT molecular complexity index is 476. The van der Waals surface area contributed by atoms with E-state index in [9.17, 15) is 0 Å². The molecule has 0 aromatic heterocycles. The Balaban J connectivity index is 1.67. The quantitative estimate of drug-likeness (QED) is 0.803. The van der Waals surface area contributed by atoms with Gasteiger partial charge in [0.1, 0.15) is 0 Å². The number of benzene rings is 1. The summed E-state index contributed by atoms with van der Waals surface area (Å²) < 4.78 is 0. The molecule has 0 bridgehead atoms. The van der Waals surface area contributed by atoms with Crippen molar-refractivity contribution in [3.63, 3.8) is 0 Å². The Kier molecular flexibility index (Phi) is 4.40. The van der Waals surface area contributed by atoms with Gasteiger partial charge in [-0.25, -0.2) is 0 Å². The van der Waals surface area contributed by atoms with Gasteiger partial charge in [-0.2, -0.15) is 0 Å². The van der Waals surface area contributed by atoms with Crippen LogP contribution in [0.5, 0.6) is 0 Å². The molecule has 3 unspecified atom stereocenters. The maximum atomic E-state index is 3.91. The summed E-state index contributed by atoms with van der Waals surface area (Å²) in [7, 11) is 0. The van der Waals surface area contributed by atoms with Crippen molar-refractivity contribution in [1.82, 2.24) is 5.32 Å². The predicted molar refractivity (Wildman–Crippen MR) is 90.6 cm³/mol. The molecule has 1 N–H and O–H groups in total. The molecule has 1 aromatic carbocycles. The van der Waals surface area contributed by atoms with Crippen LogP contribution in [0.25, 0.3) is 0 Å². The number of hydrogen-bond acceptors (Lipinski definition) is 1. The molecule has 2 aliphatic carbocycles. The minimum Gasteiger partial charge on any atom is -0.310 e. The molecule has 1 saturated carbocycles. The minimum absolute atomic E-state index is 0.341. The van der Waals surface area contributed by atoms with E-state index in [-0.39, 0.29) is 0 Å². The van der Waals surface area contributed by atoms with E-state index in [4.69, 9.17) is 0 Å². The van der Waals surface area contributed by atoms with E-state index in [0.29, 0.717) is 11.5 Å². The van der Waals surface area contributed by atoms with Crippen molar-refractivity contribution >= 4 is 0 Å². The van der Waals surface area contributed by atoms with Crippen LogP contribution in [0.3, 0.4) is 0 Å². The largest absolute Gasteiger partial charge is 0.310 e. The van der Waals surface area contributed by atoms with E-state index >= 15 is 0 Å². The Morgan fingerprint density at radius 1 is 1.14 bits per heavy atom. The molecule has 1 heteroatoms. The van der Waals surface area contributed by atoms with Crippen LogP contribution in [0.15, 0.2) is 24.3 Å². The highest BCUT2D eigenvalue weighted by Gasteiger charge is 2.32. The van der Waals surface area contributed by atoms with Crippen LogP contribution < -0.4 is 5.32 Å².